The lowest BCUT2D eigenvalue weighted by atomic mass is 10.1. The van der Waals surface area contributed by atoms with Crippen LogP contribution < -0.4 is 10.5 Å². The monoisotopic (exact) mass is 296 g/mol. The van der Waals surface area contributed by atoms with Crippen LogP contribution >= 0.6 is 0 Å². The number of likely N-dealkylation sites (N-methyl/N-ethyl adjacent to an activating group) is 1. The van der Waals surface area contributed by atoms with Crippen LogP contribution in [0.5, 0.6) is 5.75 Å². The molecule has 0 saturated carbocycles. The van der Waals surface area contributed by atoms with Gasteiger partial charge in [-0.1, -0.05) is 25.0 Å². The summed E-state index contributed by atoms with van der Waals surface area (Å²) < 4.78 is 18.7. The van der Waals surface area contributed by atoms with Gasteiger partial charge in [0, 0.05) is 13.5 Å². The van der Waals surface area contributed by atoms with E-state index < -0.39 is 0 Å². The van der Waals surface area contributed by atoms with E-state index >= 15 is 0 Å². The van der Waals surface area contributed by atoms with Gasteiger partial charge in [-0.25, -0.2) is 4.39 Å². The van der Waals surface area contributed by atoms with Crippen LogP contribution in [0.25, 0.3) is 0 Å². The lowest BCUT2D eigenvalue weighted by Gasteiger charge is -2.17. The average molecular weight is 296 g/mol. The van der Waals surface area contributed by atoms with E-state index in [1.54, 1.807) is 30.1 Å². The van der Waals surface area contributed by atoms with E-state index in [4.69, 9.17) is 10.5 Å². The fourth-order valence-electron chi connectivity index (χ4n) is 1.94. The molecule has 0 aliphatic heterocycles. The van der Waals surface area contributed by atoms with Gasteiger partial charge >= 0.3 is 0 Å². The van der Waals surface area contributed by atoms with E-state index in [9.17, 15) is 9.18 Å². The molecule has 0 heterocycles. The number of ether oxygens (including phenoxy) is 1. The van der Waals surface area contributed by atoms with Gasteiger partial charge in [0.1, 0.15) is 6.61 Å². The molecule has 0 bridgehead atoms. The zero-order valence-electron chi connectivity index (χ0n) is 12.7. The number of rotatable bonds is 10. The Labute approximate surface area is 126 Å². The molecule has 0 fully saturated rings. The second kappa shape index (κ2) is 10.2. The van der Waals surface area contributed by atoms with Crippen LogP contribution in [0.15, 0.2) is 24.3 Å². The largest absolute Gasteiger partial charge is 0.489 e. The van der Waals surface area contributed by atoms with E-state index in [-0.39, 0.29) is 24.1 Å². The van der Waals surface area contributed by atoms with E-state index in [2.05, 4.69) is 0 Å². The van der Waals surface area contributed by atoms with Crippen LogP contribution in [0, 0.1) is 5.82 Å². The third-order valence-corrected chi connectivity index (χ3v) is 3.29. The normalized spacial score (nSPS) is 10.4. The van der Waals surface area contributed by atoms with Gasteiger partial charge in [-0.15, -0.1) is 0 Å². The zero-order valence-corrected chi connectivity index (χ0v) is 12.7. The summed E-state index contributed by atoms with van der Waals surface area (Å²) in [6.45, 7) is 1.45. The highest BCUT2D eigenvalue weighted by Crippen LogP contribution is 2.15. The van der Waals surface area contributed by atoms with Crippen molar-refractivity contribution in [3.63, 3.8) is 0 Å². The minimum atomic E-state index is -0.383. The maximum Gasteiger partial charge on any atom is 0.222 e. The van der Waals surface area contributed by atoms with Gasteiger partial charge in [0.15, 0.2) is 11.6 Å². The number of benzene rings is 1. The zero-order chi connectivity index (χ0) is 15.5. The van der Waals surface area contributed by atoms with Crippen molar-refractivity contribution in [1.29, 1.82) is 0 Å². The number of carbonyl (C=O) groups excluding carboxylic acids is 1. The highest BCUT2D eigenvalue weighted by molar-refractivity contribution is 5.75. The first-order chi connectivity index (χ1) is 10.1. The van der Waals surface area contributed by atoms with Crippen LogP contribution in [0.4, 0.5) is 4.39 Å². The minimum Gasteiger partial charge on any atom is -0.489 e. The Bertz CT molecular complexity index is 426. The van der Waals surface area contributed by atoms with Crippen molar-refractivity contribution >= 4 is 5.91 Å². The number of amides is 1. The van der Waals surface area contributed by atoms with Crippen molar-refractivity contribution in [2.75, 3.05) is 26.7 Å². The summed E-state index contributed by atoms with van der Waals surface area (Å²) in [5.74, 6) is -0.0635. The van der Waals surface area contributed by atoms with Gasteiger partial charge in [0.2, 0.25) is 5.91 Å². The molecule has 1 aromatic carbocycles. The molecule has 0 atom stereocenters. The molecular weight excluding hydrogens is 271 g/mol. The Morgan fingerprint density at radius 3 is 2.67 bits per heavy atom. The van der Waals surface area contributed by atoms with Crippen LogP contribution in [-0.4, -0.2) is 37.6 Å². The Hall–Kier alpha value is -1.62. The number of hydrogen-bond acceptors (Lipinski definition) is 3. The van der Waals surface area contributed by atoms with E-state index in [0.717, 1.165) is 25.7 Å². The molecule has 21 heavy (non-hydrogen) atoms. The molecule has 0 unspecified atom stereocenters. The van der Waals surface area contributed by atoms with Gasteiger partial charge in [0.25, 0.3) is 0 Å². The lowest BCUT2D eigenvalue weighted by molar-refractivity contribution is -0.130. The van der Waals surface area contributed by atoms with Gasteiger partial charge in [-0.3, -0.25) is 4.79 Å². The molecule has 2 N–H and O–H groups in total. The second-order valence-electron chi connectivity index (χ2n) is 5.05. The quantitative estimate of drug-likeness (QED) is 0.675. The SMILES string of the molecule is CN(CCOc1ccccc1F)C(=O)CCCCCCN. The smallest absolute Gasteiger partial charge is 0.222 e. The average Bonchev–Trinajstić information content (AvgIpc) is 2.48. The summed E-state index contributed by atoms with van der Waals surface area (Å²) >= 11 is 0. The number of nitrogens with zero attached hydrogens (tertiary/aromatic N) is 1. The Kier molecular flexibility index (Phi) is 8.43. The third-order valence-electron chi connectivity index (χ3n) is 3.29. The topological polar surface area (TPSA) is 55.6 Å². The number of hydrogen-bond donors (Lipinski definition) is 1. The number of unbranched alkanes of at least 4 members (excludes halogenated alkanes) is 3. The van der Waals surface area contributed by atoms with Crippen LogP contribution in [0.3, 0.4) is 0 Å². The van der Waals surface area contributed by atoms with Gasteiger partial charge < -0.3 is 15.4 Å². The first kappa shape index (κ1) is 17.4. The lowest BCUT2D eigenvalue weighted by Crippen LogP contribution is -2.30. The van der Waals surface area contributed by atoms with Crippen molar-refractivity contribution < 1.29 is 13.9 Å². The maximum atomic E-state index is 13.3. The minimum absolute atomic E-state index is 0.0971. The number of carbonyl (C=O) groups is 1. The number of para-hydroxylation sites is 1. The van der Waals surface area contributed by atoms with Crippen LogP contribution in [-0.2, 0) is 4.79 Å². The first-order valence-corrected chi connectivity index (χ1v) is 7.46. The van der Waals surface area contributed by atoms with Gasteiger partial charge in [-0.2, -0.15) is 0 Å². The summed E-state index contributed by atoms with van der Waals surface area (Å²) in [7, 11) is 1.74. The van der Waals surface area contributed by atoms with Crippen molar-refractivity contribution in [2.45, 2.75) is 32.1 Å². The molecule has 0 spiro atoms. The van der Waals surface area contributed by atoms with Crippen LogP contribution in [0.2, 0.25) is 0 Å². The van der Waals surface area contributed by atoms with E-state index in [1.165, 1.54) is 6.07 Å². The summed E-state index contributed by atoms with van der Waals surface area (Å²) in [5, 5.41) is 0. The molecule has 5 heteroatoms. The van der Waals surface area contributed by atoms with Crippen molar-refractivity contribution in [1.82, 2.24) is 4.90 Å². The summed E-state index contributed by atoms with van der Waals surface area (Å²) in [4.78, 5) is 13.5. The fourth-order valence-corrected chi connectivity index (χ4v) is 1.94. The Morgan fingerprint density at radius 1 is 1.24 bits per heavy atom. The van der Waals surface area contributed by atoms with Crippen molar-refractivity contribution in [3.8, 4) is 5.75 Å². The van der Waals surface area contributed by atoms with Gasteiger partial charge in [0.05, 0.1) is 6.54 Å². The molecule has 0 aromatic heterocycles. The van der Waals surface area contributed by atoms with Crippen molar-refractivity contribution in [2.24, 2.45) is 5.73 Å². The molecule has 118 valence electrons. The molecule has 4 nitrogen and oxygen atoms in total. The molecule has 0 saturated heterocycles. The highest BCUT2D eigenvalue weighted by Gasteiger charge is 2.09. The second-order valence-corrected chi connectivity index (χ2v) is 5.05. The maximum absolute atomic E-state index is 13.3. The molecule has 1 amide bonds. The molecule has 0 aliphatic carbocycles. The van der Waals surface area contributed by atoms with E-state index in [1.807, 2.05) is 0 Å². The van der Waals surface area contributed by atoms with Gasteiger partial charge in [-0.05, 0) is 31.5 Å². The van der Waals surface area contributed by atoms with Crippen molar-refractivity contribution in [3.05, 3.63) is 30.1 Å². The van der Waals surface area contributed by atoms with E-state index in [0.29, 0.717) is 19.5 Å². The Morgan fingerprint density at radius 2 is 1.95 bits per heavy atom. The molecule has 0 aliphatic rings. The first-order valence-electron chi connectivity index (χ1n) is 7.46. The summed E-state index contributed by atoms with van der Waals surface area (Å²) in [6.07, 6.45) is 4.55. The predicted octanol–water partition coefficient (Wildman–Crippen LogP) is 2.57. The highest BCUT2D eigenvalue weighted by atomic mass is 19.1. The van der Waals surface area contributed by atoms with Crippen LogP contribution in [0.1, 0.15) is 32.1 Å². The third kappa shape index (κ3) is 7.09. The molecule has 0 radical (unpaired) electrons. The number of nitrogens with two attached hydrogens (primary N) is 1. The Balaban J connectivity index is 2.16. The summed E-state index contributed by atoms with van der Waals surface area (Å²) in [5.41, 5.74) is 5.42. The fraction of sp³-hybridized carbons (Fsp3) is 0.562. The summed E-state index contributed by atoms with van der Waals surface area (Å²) in [6, 6.07) is 6.26. The molecular formula is C16H25FN2O2. The predicted molar refractivity (Wildman–Crippen MR) is 81.7 cm³/mol. The molecule has 1 rings (SSSR count). The standard InChI is InChI=1S/C16H25FN2O2/c1-19(16(20)10-4-2-3-7-11-18)12-13-21-15-9-6-5-8-14(15)17/h5-6,8-9H,2-4,7,10-13,18H2,1H3. The molecule has 1 aromatic rings. The number of halogens is 1.